The highest BCUT2D eigenvalue weighted by atomic mass is 19.4. The molecule has 0 atom stereocenters. The molecule has 21 heavy (non-hydrogen) atoms. The Kier molecular flexibility index (Phi) is 7.36. The number of halogens is 3. The van der Waals surface area contributed by atoms with Crippen molar-refractivity contribution in [2.24, 2.45) is 0 Å². The van der Waals surface area contributed by atoms with Crippen molar-refractivity contribution in [3.63, 3.8) is 0 Å². The zero-order valence-corrected chi connectivity index (χ0v) is 12.4. The predicted octanol–water partition coefficient (Wildman–Crippen LogP) is 3.92. The maximum absolute atomic E-state index is 12.0. The number of nitrogens with one attached hydrogen (secondary N) is 1. The quantitative estimate of drug-likeness (QED) is 0.702. The number of rotatable bonds is 9. The first kappa shape index (κ1) is 17.6. The van der Waals surface area contributed by atoms with Crippen LogP contribution in [0.1, 0.15) is 31.7 Å². The van der Waals surface area contributed by atoms with E-state index in [0.717, 1.165) is 5.56 Å². The molecule has 0 heterocycles. The first-order valence-electron chi connectivity index (χ1n) is 7.03. The first-order chi connectivity index (χ1) is 9.96. The Bertz CT molecular complexity index is 422. The fourth-order valence-corrected chi connectivity index (χ4v) is 1.91. The average Bonchev–Trinajstić information content (AvgIpc) is 2.42. The molecule has 1 aromatic carbocycles. The summed E-state index contributed by atoms with van der Waals surface area (Å²) < 4.78 is 46.6. The van der Waals surface area contributed by atoms with Crippen LogP contribution in [0.4, 0.5) is 13.2 Å². The van der Waals surface area contributed by atoms with Gasteiger partial charge < -0.3 is 14.8 Å². The molecular weight excluding hydrogens is 283 g/mol. The van der Waals surface area contributed by atoms with E-state index in [0.29, 0.717) is 37.6 Å². The summed E-state index contributed by atoms with van der Waals surface area (Å²) in [4.78, 5) is 0. The van der Waals surface area contributed by atoms with E-state index in [4.69, 9.17) is 9.47 Å². The van der Waals surface area contributed by atoms with Gasteiger partial charge in [-0.15, -0.1) is 0 Å². The van der Waals surface area contributed by atoms with E-state index in [1.165, 1.54) is 0 Å². The third kappa shape index (κ3) is 7.22. The van der Waals surface area contributed by atoms with Crippen molar-refractivity contribution in [1.82, 2.24) is 5.32 Å². The summed E-state index contributed by atoms with van der Waals surface area (Å²) in [5.41, 5.74) is 1.01. The van der Waals surface area contributed by atoms with Crippen molar-refractivity contribution in [2.75, 3.05) is 20.3 Å². The van der Waals surface area contributed by atoms with E-state index >= 15 is 0 Å². The van der Waals surface area contributed by atoms with Gasteiger partial charge in [-0.25, -0.2) is 0 Å². The summed E-state index contributed by atoms with van der Waals surface area (Å²) in [6.07, 6.45) is -4.11. The molecule has 0 spiro atoms. The lowest BCUT2D eigenvalue weighted by molar-refractivity contribution is -0.135. The van der Waals surface area contributed by atoms with E-state index in [9.17, 15) is 13.2 Å². The molecule has 1 rings (SSSR count). The molecular formula is C15H22F3NO2. The Morgan fingerprint density at radius 1 is 1.14 bits per heavy atom. The summed E-state index contributed by atoms with van der Waals surface area (Å²) in [6.45, 7) is 3.60. The minimum Gasteiger partial charge on any atom is -0.493 e. The minimum atomic E-state index is -4.05. The Labute approximate surface area is 123 Å². The number of unbranched alkanes of at least 4 members (excludes halogenated alkanes) is 1. The van der Waals surface area contributed by atoms with E-state index in [-0.39, 0.29) is 6.42 Å². The van der Waals surface area contributed by atoms with Gasteiger partial charge in [0.15, 0.2) is 11.5 Å². The predicted molar refractivity (Wildman–Crippen MR) is 75.8 cm³/mol. The van der Waals surface area contributed by atoms with Crippen molar-refractivity contribution >= 4 is 0 Å². The van der Waals surface area contributed by atoms with Crippen LogP contribution in [0.2, 0.25) is 0 Å². The number of alkyl halides is 3. The smallest absolute Gasteiger partial charge is 0.389 e. The molecule has 0 fully saturated rings. The van der Waals surface area contributed by atoms with Gasteiger partial charge >= 0.3 is 6.18 Å². The zero-order valence-electron chi connectivity index (χ0n) is 12.4. The Morgan fingerprint density at radius 2 is 1.90 bits per heavy atom. The molecule has 1 N–H and O–H groups in total. The molecule has 6 heteroatoms. The molecule has 0 saturated heterocycles. The standard InChI is InChI=1S/C15H22F3NO2/c1-3-21-14-10-12(6-7-13(14)20-2)11-19-9-5-4-8-15(16,17)18/h6-7,10,19H,3-5,8-9,11H2,1-2H3. The van der Waals surface area contributed by atoms with Crippen LogP contribution in [0.15, 0.2) is 18.2 Å². The number of ether oxygens (including phenoxy) is 2. The molecule has 0 aliphatic rings. The fourth-order valence-electron chi connectivity index (χ4n) is 1.91. The molecule has 0 aliphatic heterocycles. The Hall–Kier alpha value is -1.43. The highest BCUT2D eigenvalue weighted by Crippen LogP contribution is 2.28. The summed E-state index contributed by atoms with van der Waals surface area (Å²) in [6, 6.07) is 5.61. The van der Waals surface area contributed by atoms with Gasteiger partial charge in [0.25, 0.3) is 0 Å². The lowest BCUT2D eigenvalue weighted by Crippen LogP contribution is -2.16. The maximum Gasteiger partial charge on any atom is 0.389 e. The lowest BCUT2D eigenvalue weighted by atomic mass is 10.2. The Morgan fingerprint density at radius 3 is 2.52 bits per heavy atom. The number of hydrogen-bond acceptors (Lipinski definition) is 3. The summed E-state index contributed by atoms with van der Waals surface area (Å²) in [5.74, 6) is 1.35. The molecule has 0 aliphatic carbocycles. The first-order valence-corrected chi connectivity index (χ1v) is 7.03. The maximum atomic E-state index is 12.0. The summed E-state index contributed by atoms with van der Waals surface area (Å²) in [5, 5.41) is 3.13. The van der Waals surface area contributed by atoms with Gasteiger partial charge in [0.05, 0.1) is 13.7 Å². The molecule has 120 valence electrons. The van der Waals surface area contributed by atoms with E-state index in [2.05, 4.69) is 5.32 Å². The van der Waals surface area contributed by atoms with Crippen LogP contribution < -0.4 is 14.8 Å². The molecule has 0 bridgehead atoms. The van der Waals surface area contributed by atoms with Crippen molar-refractivity contribution in [3.8, 4) is 11.5 Å². The number of benzene rings is 1. The van der Waals surface area contributed by atoms with Gasteiger partial charge in [-0.3, -0.25) is 0 Å². The van der Waals surface area contributed by atoms with Crippen molar-refractivity contribution in [1.29, 1.82) is 0 Å². The van der Waals surface area contributed by atoms with Crippen LogP contribution in [-0.4, -0.2) is 26.4 Å². The van der Waals surface area contributed by atoms with Gasteiger partial charge in [0.1, 0.15) is 0 Å². The fraction of sp³-hybridized carbons (Fsp3) is 0.600. The third-order valence-corrected chi connectivity index (χ3v) is 2.92. The van der Waals surface area contributed by atoms with Gasteiger partial charge in [-0.1, -0.05) is 6.07 Å². The van der Waals surface area contributed by atoms with Gasteiger partial charge in [0.2, 0.25) is 0 Å². The van der Waals surface area contributed by atoms with E-state index in [1.807, 2.05) is 25.1 Å². The van der Waals surface area contributed by atoms with Crippen LogP contribution in [0.3, 0.4) is 0 Å². The lowest BCUT2D eigenvalue weighted by Gasteiger charge is -2.12. The summed E-state index contributed by atoms with van der Waals surface area (Å²) in [7, 11) is 1.58. The van der Waals surface area contributed by atoms with Crippen LogP contribution in [-0.2, 0) is 6.54 Å². The number of hydrogen-bond donors (Lipinski definition) is 1. The molecule has 0 amide bonds. The average molecular weight is 305 g/mol. The molecule has 0 radical (unpaired) electrons. The van der Waals surface area contributed by atoms with Crippen molar-refractivity contribution < 1.29 is 22.6 Å². The van der Waals surface area contributed by atoms with E-state index in [1.54, 1.807) is 7.11 Å². The van der Waals surface area contributed by atoms with E-state index < -0.39 is 12.6 Å². The number of methoxy groups -OCH3 is 1. The zero-order chi connectivity index (χ0) is 15.7. The highest BCUT2D eigenvalue weighted by Gasteiger charge is 2.25. The van der Waals surface area contributed by atoms with Crippen molar-refractivity contribution in [3.05, 3.63) is 23.8 Å². The van der Waals surface area contributed by atoms with Gasteiger partial charge in [-0.05, 0) is 44.0 Å². The minimum absolute atomic E-state index is 0.156. The Balaban J connectivity index is 2.33. The SMILES string of the molecule is CCOc1cc(CNCCCCC(F)(F)F)ccc1OC. The topological polar surface area (TPSA) is 30.5 Å². The molecule has 0 aromatic heterocycles. The van der Waals surface area contributed by atoms with Crippen molar-refractivity contribution in [2.45, 2.75) is 38.9 Å². The van der Waals surface area contributed by atoms with Crippen LogP contribution in [0.25, 0.3) is 0 Å². The second-order valence-corrected chi connectivity index (χ2v) is 4.67. The second-order valence-electron chi connectivity index (χ2n) is 4.67. The van der Waals surface area contributed by atoms with Gasteiger partial charge in [0, 0.05) is 13.0 Å². The molecule has 0 unspecified atom stereocenters. The monoisotopic (exact) mass is 305 g/mol. The molecule has 3 nitrogen and oxygen atoms in total. The van der Waals surface area contributed by atoms with Crippen LogP contribution >= 0.6 is 0 Å². The highest BCUT2D eigenvalue weighted by molar-refractivity contribution is 5.42. The summed E-state index contributed by atoms with van der Waals surface area (Å²) >= 11 is 0. The largest absolute Gasteiger partial charge is 0.493 e. The van der Waals surface area contributed by atoms with Crippen LogP contribution in [0, 0.1) is 0 Å². The third-order valence-electron chi connectivity index (χ3n) is 2.92. The normalized spacial score (nSPS) is 11.5. The molecule has 0 saturated carbocycles. The van der Waals surface area contributed by atoms with Crippen LogP contribution in [0.5, 0.6) is 11.5 Å². The second kappa shape index (κ2) is 8.77. The molecule has 1 aromatic rings. The van der Waals surface area contributed by atoms with Gasteiger partial charge in [-0.2, -0.15) is 13.2 Å².